The van der Waals surface area contributed by atoms with Gasteiger partial charge in [0.25, 0.3) is 0 Å². The average Bonchev–Trinajstić information content (AvgIpc) is 2.20. The van der Waals surface area contributed by atoms with E-state index in [1.165, 1.54) is 6.26 Å². The van der Waals surface area contributed by atoms with Crippen LogP contribution < -0.4 is 0 Å². The largest absolute Gasteiger partial charge is 0.496 e. The summed E-state index contributed by atoms with van der Waals surface area (Å²) in [6.45, 7) is 0. The van der Waals surface area contributed by atoms with Gasteiger partial charge < -0.3 is 4.74 Å². The molecule has 14 heavy (non-hydrogen) atoms. The minimum atomic E-state index is -0.935. The van der Waals surface area contributed by atoms with E-state index in [2.05, 4.69) is 0 Å². The SMILES string of the molecule is O=CC1=COC2CCC(F)CC2C1=O. The van der Waals surface area contributed by atoms with Crippen molar-refractivity contribution in [3.8, 4) is 0 Å². The van der Waals surface area contributed by atoms with E-state index in [0.29, 0.717) is 19.1 Å². The van der Waals surface area contributed by atoms with Gasteiger partial charge in [-0.3, -0.25) is 9.59 Å². The molecule has 0 amide bonds. The van der Waals surface area contributed by atoms with Crippen molar-refractivity contribution >= 4 is 12.1 Å². The van der Waals surface area contributed by atoms with Crippen molar-refractivity contribution in [2.75, 3.05) is 0 Å². The van der Waals surface area contributed by atoms with Crippen LogP contribution in [0, 0.1) is 5.92 Å². The predicted octanol–water partition coefficient (Wildman–Crippen LogP) is 1.18. The number of Topliss-reactive ketones (excluding diaryl/α,β-unsaturated/α-hetero) is 1. The quantitative estimate of drug-likeness (QED) is 0.469. The molecule has 1 heterocycles. The van der Waals surface area contributed by atoms with Crippen LogP contribution in [0.2, 0.25) is 0 Å². The molecule has 1 aliphatic heterocycles. The van der Waals surface area contributed by atoms with Gasteiger partial charge in [-0.2, -0.15) is 0 Å². The van der Waals surface area contributed by atoms with E-state index in [1.807, 2.05) is 0 Å². The summed E-state index contributed by atoms with van der Waals surface area (Å²) in [4.78, 5) is 22.1. The molecule has 76 valence electrons. The summed E-state index contributed by atoms with van der Waals surface area (Å²) in [5.41, 5.74) is 0.0281. The van der Waals surface area contributed by atoms with Crippen LogP contribution in [0.5, 0.6) is 0 Å². The monoisotopic (exact) mass is 198 g/mol. The Kier molecular flexibility index (Phi) is 2.35. The molecule has 3 atom stereocenters. The minimum absolute atomic E-state index is 0.0281. The van der Waals surface area contributed by atoms with Gasteiger partial charge in [0.15, 0.2) is 12.1 Å². The highest BCUT2D eigenvalue weighted by atomic mass is 19.1. The number of hydrogen-bond donors (Lipinski definition) is 0. The molecule has 4 heteroatoms. The highest BCUT2D eigenvalue weighted by Gasteiger charge is 2.40. The van der Waals surface area contributed by atoms with Gasteiger partial charge in [0.05, 0.1) is 17.8 Å². The van der Waals surface area contributed by atoms with Crippen LogP contribution in [0.15, 0.2) is 11.8 Å². The van der Waals surface area contributed by atoms with E-state index in [0.717, 1.165) is 0 Å². The van der Waals surface area contributed by atoms with Crippen molar-refractivity contribution in [2.24, 2.45) is 5.92 Å². The summed E-state index contributed by atoms with van der Waals surface area (Å²) in [5.74, 6) is -0.720. The number of alkyl halides is 1. The zero-order chi connectivity index (χ0) is 10.1. The van der Waals surface area contributed by atoms with Crippen LogP contribution in [0.4, 0.5) is 4.39 Å². The van der Waals surface area contributed by atoms with Gasteiger partial charge in [0.2, 0.25) is 0 Å². The van der Waals surface area contributed by atoms with Crippen LogP contribution in [-0.2, 0) is 14.3 Å². The molecule has 0 spiro atoms. The normalized spacial score (nSPS) is 36.8. The number of fused-ring (bicyclic) bond motifs is 1. The summed E-state index contributed by atoms with van der Waals surface area (Å²) in [7, 11) is 0. The zero-order valence-corrected chi connectivity index (χ0v) is 7.61. The van der Waals surface area contributed by atoms with Crippen LogP contribution in [0.3, 0.4) is 0 Å². The maximum atomic E-state index is 13.0. The Morgan fingerprint density at radius 1 is 1.50 bits per heavy atom. The Bertz CT molecular complexity index is 298. The van der Waals surface area contributed by atoms with Gasteiger partial charge in [0.1, 0.15) is 12.3 Å². The second-order valence-corrected chi connectivity index (χ2v) is 3.75. The van der Waals surface area contributed by atoms with Gasteiger partial charge in [-0.25, -0.2) is 4.39 Å². The van der Waals surface area contributed by atoms with E-state index in [1.54, 1.807) is 0 Å². The fraction of sp³-hybridized carbons (Fsp3) is 0.600. The van der Waals surface area contributed by atoms with Crippen molar-refractivity contribution < 1.29 is 18.7 Å². The fourth-order valence-electron chi connectivity index (χ4n) is 2.05. The summed E-state index contributed by atoms with van der Waals surface area (Å²) >= 11 is 0. The summed E-state index contributed by atoms with van der Waals surface area (Å²) in [6, 6.07) is 0. The van der Waals surface area contributed by atoms with Crippen LogP contribution in [0.1, 0.15) is 19.3 Å². The topological polar surface area (TPSA) is 43.4 Å². The lowest BCUT2D eigenvalue weighted by Gasteiger charge is -2.34. The second-order valence-electron chi connectivity index (χ2n) is 3.75. The molecule has 1 fully saturated rings. The molecule has 0 aromatic carbocycles. The minimum Gasteiger partial charge on any atom is -0.496 e. The highest BCUT2D eigenvalue weighted by Crippen LogP contribution is 2.33. The smallest absolute Gasteiger partial charge is 0.176 e. The standard InChI is InChI=1S/C10H11FO3/c11-7-1-2-9-8(3-7)10(13)6(4-12)5-14-9/h4-5,7-9H,1-3H2. The van der Waals surface area contributed by atoms with Crippen molar-refractivity contribution in [1.82, 2.24) is 0 Å². The third-order valence-corrected chi connectivity index (χ3v) is 2.84. The van der Waals surface area contributed by atoms with Crippen molar-refractivity contribution in [1.29, 1.82) is 0 Å². The third kappa shape index (κ3) is 1.45. The van der Waals surface area contributed by atoms with Crippen LogP contribution in [0.25, 0.3) is 0 Å². The molecule has 2 aliphatic rings. The van der Waals surface area contributed by atoms with Gasteiger partial charge in [-0.1, -0.05) is 0 Å². The van der Waals surface area contributed by atoms with Gasteiger partial charge in [-0.05, 0) is 19.3 Å². The molecule has 0 aromatic heterocycles. The Morgan fingerprint density at radius 2 is 2.29 bits per heavy atom. The molecule has 3 nitrogen and oxygen atoms in total. The molecule has 2 rings (SSSR count). The predicted molar refractivity (Wildman–Crippen MR) is 46.3 cm³/mol. The fourth-order valence-corrected chi connectivity index (χ4v) is 2.05. The number of carbonyl (C=O) groups is 2. The molecule has 1 aliphatic carbocycles. The van der Waals surface area contributed by atoms with Crippen molar-refractivity contribution in [2.45, 2.75) is 31.5 Å². The molecule has 0 bridgehead atoms. The Hall–Kier alpha value is -1.19. The number of ether oxygens (including phenoxy) is 1. The lowest BCUT2D eigenvalue weighted by Crippen LogP contribution is -2.40. The van der Waals surface area contributed by atoms with Crippen LogP contribution in [-0.4, -0.2) is 24.3 Å². The maximum Gasteiger partial charge on any atom is 0.176 e. The number of halogens is 1. The second kappa shape index (κ2) is 3.52. The number of ketones is 1. The molecule has 0 radical (unpaired) electrons. The Morgan fingerprint density at radius 3 is 3.00 bits per heavy atom. The summed E-state index contributed by atoms with van der Waals surface area (Å²) in [5, 5.41) is 0. The number of hydrogen-bond acceptors (Lipinski definition) is 3. The maximum absolute atomic E-state index is 13.0. The first-order chi connectivity index (χ1) is 6.72. The molecule has 1 saturated carbocycles. The molecular formula is C10H11FO3. The molecular weight excluding hydrogens is 187 g/mol. The first-order valence-corrected chi connectivity index (χ1v) is 4.71. The van der Waals surface area contributed by atoms with E-state index < -0.39 is 12.1 Å². The lowest BCUT2D eigenvalue weighted by atomic mass is 9.79. The van der Waals surface area contributed by atoms with Crippen LogP contribution >= 0.6 is 0 Å². The highest BCUT2D eigenvalue weighted by molar-refractivity contribution is 6.13. The Balaban J connectivity index is 2.19. The number of carbonyl (C=O) groups excluding carboxylic acids is 2. The molecule has 3 unspecified atom stereocenters. The van der Waals surface area contributed by atoms with E-state index in [4.69, 9.17) is 4.74 Å². The third-order valence-electron chi connectivity index (χ3n) is 2.84. The number of rotatable bonds is 1. The van der Waals surface area contributed by atoms with Gasteiger partial charge >= 0.3 is 0 Å². The number of allylic oxidation sites excluding steroid dienone is 1. The van der Waals surface area contributed by atoms with E-state index >= 15 is 0 Å². The summed E-state index contributed by atoms with van der Waals surface area (Å²) < 4.78 is 18.3. The zero-order valence-electron chi connectivity index (χ0n) is 7.61. The lowest BCUT2D eigenvalue weighted by molar-refractivity contribution is -0.129. The van der Waals surface area contributed by atoms with E-state index in [9.17, 15) is 14.0 Å². The van der Waals surface area contributed by atoms with Crippen molar-refractivity contribution in [3.63, 3.8) is 0 Å². The van der Waals surface area contributed by atoms with Crippen molar-refractivity contribution in [3.05, 3.63) is 11.8 Å². The van der Waals surface area contributed by atoms with Gasteiger partial charge in [0, 0.05) is 0 Å². The number of aldehydes is 1. The molecule has 0 aromatic rings. The first-order valence-electron chi connectivity index (χ1n) is 4.71. The molecule has 0 N–H and O–H groups in total. The van der Waals surface area contributed by atoms with E-state index in [-0.39, 0.29) is 23.9 Å². The Labute approximate surface area is 80.9 Å². The first kappa shape index (κ1) is 9.37. The average molecular weight is 198 g/mol. The van der Waals surface area contributed by atoms with Gasteiger partial charge in [-0.15, -0.1) is 0 Å². The summed E-state index contributed by atoms with van der Waals surface area (Å²) in [6.07, 6.45) is 1.70. The molecule has 0 saturated heterocycles.